The highest BCUT2D eigenvalue weighted by molar-refractivity contribution is 5.52. The Morgan fingerprint density at radius 3 is 2.58 bits per heavy atom. The van der Waals surface area contributed by atoms with E-state index in [0.717, 1.165) is 44.0 Å². The van der Waals surface area contributed by atoms with Crippen molar-refractivity contribution in [3.63, 3.8) is 0 Å². The van der Waals surface area contributed by atoms with Crippen LogP contribution in [0.2, 0.25) is 0 Å². The summed E-state index contributed by atoms with van der Waals surface area (Å²) in [5, 5.41) is 0. The van der Waals surface area contributed by atoms with Crippen molar-refractivity contribution in [3.05, 3.63) is 54.2 Å². The lowest BCUT2D eigenvalue weighted by molar-refractivity contribution is 0.202. The first-order chi connectivity index (χ1) is 11.8. The summed E-state index contributed by atoms with van der Waals surface area (Å²) in [7, 11) is 2.14. The Labute approximate surface area is 145 Å². The van der Waals surface area contributed by atoms with Crippen molar-refractivity contribution in [2.75, 3.05) is 31.6 Å². The highest BCUT2D eigenvalue weighted by atomic mass is 16.5. The molecule has 1 saturated heterocycles. The van der Waals surface area contributed by atoms with Crippen molar-refractivity contribution in [2.24, 2.45) is 0 Å². The number of nitrogens with zero attached hydrogens (tertiary/aromatic N) is 3. The Kier molecular flexibility index (Phi) is 5.70. The quantitative estimate of drug-likeness (QED) is 0.812. The molecule has 0 atom stereocenters. The SMILES string of the molecule is CCOc1cccnc1N(C)C1CCN(Cc2ccccc2)CC1. The Bertz CT molecular complexity index is 624. The first kappa shape index (κ1) is 16.8. The molecule has 128 valence electrons. The summed E-state index contributed by atoms with van der Waals surface area (Å²) >= 11 is 0. The van der Waals surface area contributed by atoms with Crippen molar-refractivity contribution in [1.82, 2.24) is 9.88 Å². The van der Waals surface area contributed by atoms with Gasteiger partial charge in [-0.25, -0.2) is 4.98 Å². The number of likely N-dealkylation sites (tertiary alicyclic amines) is 1. The van der Waals surface area contributed by atoms with Gasteiger partial charge in [0, 0.05) is 38.9 Å². The van der Waals surface area contributed by atoms with Gasteiger partial charge in [-0.3, -0.25) is 4.90 Å². The van der Waals surface area contributed by atoms with E-state index in [1.165, 1.54) is 5.56 Å². The molecule has 0 bridgehead atoms. The number of benzene rings is 1. The second kappa shape index (κ2) is 8.15. The molecule has 4 heteroatoms. The van der Waals surface area contributed by atoms with Gasteiger partial charge in [-0.05, 0) is 37.5 Å². The largest absolute Gasteiger partial charge is 0.490 e. The Balaban J connectivity index is 1.58. The molecule has 1 aromatic carbocycles. The molecule has 1 aliphatic rings. The molecule has 0 N–H and O–H groups in total. The summed E-state index contributed by atoms with van der Waals surface area (Å²) in [4.78, 5) is 9.39. The van der Waals surface area contributed by atoms with Crippen molar-refractivity contribution >= 4 is 5.82 Å². The van der Waals surface area contributed by atoms with E-state index in [4.69, 9.17) is 4.74 Å². The maximum absolute atomic E-state index is 5.73. The minimum Gasteiger partial charge on any atom is -0.490 e. The molecule has 1 fully saturated rings. The molecule has 0 radical (unpaired) electrons. The molecular formula is C20H27N3O. The highest BCUT2D eigenvalue weighted by Gasteiger charge is 2.24. The molecule has 0 saturated carbocycles. The minimum absolute atomic E-state index is 0.520. The van der Waals surface area contributed by atoms with Crippen LogP contribution in [0.15, 0.2) is 48.7 Å². The van der Waals surface area contributed by atoms with E-state index in [1.54, 1.807) is 0 Å². The van der Waals surface area contributed by atoms with Gasteiger partial charge in [0.15, 0.2) is 11.6 Å². The third kappa shape index (κ3) is 4.06. The van der Waals surface area contributed by atoms with Crippen LogP contribution in [0.25, 0.3) is 0 Å². The average Bonchev–Trinajstić information content (AvgIpc) is 2.63. The van der Waals surface area contributed by atoms with Gasteiger partial charge in [0.1, 0.15) is 0 Å². The summed E-state index contributed by atoms with van der Waals surface area (Å²) in [6.07, 6.45) is 4.16. The number of ether oxygens (including phenoxy) is 1. The molecule has 0 unspecified atom stereocenters. The van der Waals surface area contributed by atoms with Gasteiger partial charge in [0.05, 0.1) is 6.61 Å². The summed E-state index contributed by atoms with van der Waals surface area (Å²) < 4.78 is 5.73. The monoisotopic (exact) mass is 325 g/mol. The van der Waals surface area contributed by atoms with Crippen LogP contribution >= 0.6 is 0 Å². The second-order valence-electron chi connectivity index (χ2n) is 6.36. The molecule has 2 heterocycles. The maximum Gasteiger partial charge on any atom is 0.171 e. The Morgan fingerprint density at radius 2 is 1.88 bits per heavy atom. The predicted octanol–water partition coefficient (Wildman–Crippen LogP) is 3.58. The zero-order valence-electron chi connectivity index (χ0n) is 14.7. The van der Waals surface area contributed by atoms with E-state index in [2.05, 4.69) is 52.2 Å². The van der Waals surface area contributed by atoms with Crippen LogP contribution in [0.3, 0.4) is 0 Å². The number of hydrogen-bond acceptors (Lipinski definition) is 4. The van der Waals surface area contributed by atoms with Gasteiger partial charge in [0.2, 0.25) is 0 Å². The molecule has 1 aromatic heterocycles. The van der Waals surface area contributed by atoms with Gasteiger partial charge < -0.3 is 9.64 Å². The van der Waals surface area contributed by atoms with E-state index in [-0.39, 0.29) is 0 Å². The van der Waals surface area contributed by atoms with Gasteiger partial charge in [-0.1, -0.05) is 30.3 Å². The summed E-state index contributed by atoms with van der Waals surface area (Å²) in [5.74, 6) is 1.84. The lowest BCUT2D eigenvalue weighted by Gasteiger charge is -2.37. The van der Waals surface area contributed by atoms with Gasteiger partial charge >= 0.3 is 0 Å². The molecule has 3 rings (SSSR count). The topological polar surface area (TPSA) is 28.6 Å². The van der Waals surface area contributed by atoms with Crippen LogP contribution in [0.4, 0.5) is 5.82 Å². The molecule has 1 aliphatic heterocycles. The van der Waals surface area contributed by atoms with E-state index in [9.17, 15) is 0 Å². The molecule has 0 amide bonds. The zero-order chi connectivity index (χ0) is 16.8. The van der Waals surface area contributed by atoms with E-state index in [0.29, 0.717) is 12.6 Å². The number of hydrogen-bond donors (Lipinski definition) is 0. The van der Waals surface area contributed by atoms with E-state index in [1.807, 2.05) is 25.3 Å². The molecule has 4 nitrogen and oxygen atoms in total. The lowest BCUT2D eigenvalue weighted by atomic mass is 10.0. The maximum atomic E-state index is 5.73. The molecule has 0 spiro atoms. The van der Waals surface area contributed by atoms with E-state index >= 15 is 0 Å². The van der Waals surface area contributed by atoms with Crippen molar-refractivity contribution in [2.45, 2.75) is 32.4 Å². The van der Waals surface area contributed by atoms with Crippen LogP contribution in [0.5, 0.6) is 5.75 Å². The summed E-state index contributed by atoms with van der Waals surface area (Å²) in [6, 6.07) is 15.2. The van der Waals surface area contributed by atoms with Crippen molar-refractivity contribution in [3.8, 4) is 5.75 Å². The minimum atomic E-state index is 0.520. The molecule has 2 aromatic rings. The summed E-state index contributed by atoms with van der Waals surface area (Å²) in [6.45, 7) is 5.98. The third-order valence-electron chi connectivity index (χ3n) is 4.74. The normalized spacial score (nSPS) is 16.1. The Morgan fingerprint density at radius 1 is 1.12 bits per heavy atom. The fourth-order valence-electron chi connectivity index (χ4n) is 3.39. The second-order valence-corrected chi connectivity index (χ2v) is 6.36. The number of rotatable bonds is 6. The number of anilines is 1. The van der Waals surface area contributed by atoms with Crippen molar-refractivity contribution in [1.29, 1.82) is 0 Å². The van der Waals surface area contributed by atoms with Gasteiger partial charge in [0.25, 0.3) is 0 Å². The fourth-order valence-corrected chi connectivity index (χ4v) is 3.39. The number of piperidine rings is 1. The Hall–Kier alpha value is -2.07. The number of pyridine rings is 1. The first-order valence-corrected chi connectivity index (χ1v) is 8.85. The van der Waals surface area contributed by atoms with Gasteiger partial charge in [-0.2, -0.15) is 0 Å². The standard InChI is InChI=1S/C20H27N3O/c1-3-24-19-10-7-13-21-20(19)22(2)18-11-14-23(15-12-18)16-17-8-5-4-6-9-17/h4-10,13,18H,3,11-12,14-16H2,1-2H3. The third-order valence-corrected chi connectivity index (χ3v) is 4.74. The average molecular weight is 325 g/mol. The molecule has 0 aliphatic carbocycles. The smallest absolute Gasteiger partial charge is 0.171 e. The molecule has 24 heavy (non-hydrogen) atoms. The van der Waals surface area contributed by atoms with Crippen LogP contribution in [-0.4, -0.2) is 42.7 Å². The van der Waals surface area contributed by atoms with Crippen molar-refractivity contribution < 1.29 is 4.74 Å². The predicted molar refractivity (Wildman–Crippen MR) is 98.6 cm³/mol. The van der Waals surface area contributed by atoms with Gasteiger partial charge in [-0.15, -0.1) is 0 Å². The van der Waals surface area contributed by atoms with Crippen LogP contribution in [0, 0.1) is 0 Å². The lowest BCUT2D eigenvalue weighted by Crippen LogP contribution is -2.43. The first-order valence-electron chi connectivity index (χ1n) is 8.85. The zero-order valence-corrected chi connectivity index (χ0v) is 14.7. The van der Waals surface area contributed by atoms with Crippen LogP contribution in [-0.2, 0) is 6.54 Å². The fraction of sp³-hybridized carbons (Fsp3) is 0.450. The summed E-state index contributed by atoms with van der Waals surface area (Å²) in [5.41, 5.74) is 1.40. The van der Waals surface area contributed by atoms with E-state index < -0.39 is 0 Å². The highest BCUT2D eigenvalue weighted by Crippen LogP contribution is 2.29. The number of aromatic nitrogens is 1. The molecular weight excluding hydrogens is 298 g/mol. The van der Waals surface area contributed by atoms with Crippen LogP contribution in [0.1, 0.15) is 25.3 Å². The van der Waals surface area contributed by atoms with Crippen LogP contribution < -0.4 is 9.64 Å².